The number of phenolic OH excluding ortho intramolecular Hbond substituents is 1. The number of benzene rings is 2. The van der Waals surface area contributed by atoms with Crippen LogP contribution in [-0.4, -0.2) is 43.3 Å². The Morgan fingerprint density at radius 3 is 2.76 bits per heavy atom. The Hall–Kier alpha value is -2.25. The van der Waals surface area contributed by atoms with Crippen molar-refractivity contribution in [1.82, 2.24) is 4.90 Å². The van der Waals surface area contributed by atoms with Crippen molar-refractivity contribution in [3.05, 3.63) is 52.0 Å². The number of hydrogen-bond donors (Lipinski definition) is 2. The molecule has 2 aromatic carbocycles. The number of para-hydroxylation sites is 1. The number of aromatic hydroxyl groups is 1. The Morgan fingerprint density at radius 2 is 2.04 bits per heavy atom. The van der Waals surface area contributed by atoms with Gasteiger partial charge in [-0.25, -0.2) is 0 Å². The zero-order valence-electron chi connectivity index (χ0n) is 14.0. The maximum Gasteiger partial charge on any atom is 0.257 e. The van der Waals surface area contributed by atoms with Gasteiger partial charge in [-0.3, -0.25) is 4.79 Å². The van der Waals surface area contributed by atoms with E-state index in [9.17, 15) is 9.90 Å². The first-order chi connectivity index (χ1) is 12.1. The molecule has 2 aromatic rings. The predicted octanol–water partition coefficient (Wildman–Crippen LogP) is 3.38. The molecule has 0 bridgehead atoms. The SMILES string of the molecule is COCCN1C(=O)c2ccccc2NC1c1cc(Br)cc(OC)c1O. The van der Waals surface area contributed by atoms with Crippen LogP contribution in [0.15, 0.2) is 40.9 Å². The first kappa shape index (κ1) is 17.6. The molecule has 132 valence electrons. The summed E-state index contributed by atoms with van der Waals surface area (Å²) in [4.78, 5) is 14.6. The number of anilines is 1. The van der Waals surface area contributed by atoms with Crippen LogP contribution >= 0.6 is 15.9 Å². The number of carbonyl (C=O) groups excluding carboxylic acids is 1. The minimum absolute atomic E-state index is 0.00204. The van der Waals surface area contributed by atoms with Crippen LogP contribution in [0.3, 0.4) is 0 Å². The molecule has 1 aliphatic heterocycles. The molecule has 2 N–H and O–H groups in total. The number of methoxy groups -OCH3 is 2. The summed E-state index contributed by atoms with van der Waals surface area (Å²) in [6.07, 6.45) is -0.538. The van der Waals surface area contributed by atoms with Crippen molar-refractivity contribution in [2.75, 3.05) is 32.7 Å². The van der Waals surface area contributed by atoms with Gasteiger partial charge in [0.25, 0.3) is 5.91 Å². The second kappa shape index (κ2) is 7.33. The van der Waals surface area contributed by atoms with Crippen LogP contribution in [0, 0.1) is 0 Å². The Labute approximate surface area is 154 Å². The summed E-state index contributed by atoms with van der Waals surface area (Å²) in [7, 11) is 3.08. The normalized spacial score (nSPS) is 16.4. The molecular formula is C18H19BrN2O4. The van der Waals surface area contributed by atoms with Gasteiger partial charge in [-0.2, -0.15) is 0 Å². The standard InChI is InChI=1S/C18H19BrN2O4/c1-24-8-7-21-17(13-9-11(19)10-15(25-2)16(13)22)20-14-6-4-3-5-12(14)18(21)23/h3-6,9-10,17,20,22H,7-8H2,1-2H3. The Balaban J connectivity index is 2.10. The summed E-state index contributed by atoms with van der Waals surface area (Å²) < 4.78 is 11.1. The van der Waals surface area contributed by atoms with Crippen LogP contribution in [0.2, 0.25) is 0 Å². The fourth-order valence-corrected chi connectivity index (χ4v) is 3.37. The quantitative estimate of drug-likeness (QED) is 0.796. The van der Waals surface area contributed by atoms with E-state index in [1.54, 1.807) is 30.2 Å². The number of phenols is 1. The molecule has 3 rings (SSSR count). The van der Waals surface area contributed by atoms with E-state index in [1.807, 2.05) is 18.2 Å². The van der Waals surface area contributed by atoms with E-state index in [0.717, 1.165) is 10.2 Å². The minimum atomic E-state index is -0.538. The number of nitrogens with one attached hydrogen (secondary N) is 1. The molecule has 0 saturated heterocycles. The summed E-state index contributed by atoms with van der Waals surface area (Å²) >= 11 is 3.43. The zero-order valence-corrected chi connectivity index (χ0v) is 15.5. The summed E-state index contributed by atoms with van der Waals surface area (Å²) in [5.41, 5.74) is 1.87. The number of ether oxygens (including phenoxy) is 2. The molecule has 0 spiro atoms. The third-order valence-electron chi connectivity index (χ3n) is 4.14. The van der Waals surface area contributed by atoms with Crippen LogP contribution in [0.1, 0.15) is 22.1 Å². The zero-order chi connectivity index (χ0) is 18.0. The number of hydrogen-bond acceptors (Lipinski definition) is 5. The molecule has 1 aliphatic rings. The van der Waals surface area contributed by atoms with Crippen LogP contribution in [0.5, 0.6) is 11.5 Å². The first-order valence-corrected chi connectivity index (χ1v) is 8.58. The van der Waals surface area contributed by atoms with E-state index in [2.05, 4.69) is 21.2 Å². The third-order valence-corrected chi connectivity index (χ3v) is 4.60. The van der Waals surface area contributed by atoms with Gasteiger partial charge >= 0.3 is 0 Å². The van der Waals surface area contributed by atoms with Crippen LogP contribution in [0.25, 0.3) is 0 Å². The Bertz CT molecular complexity index is 797. The first-order valence-electron chi connectivity index (χ1n) is 7.78. The van der Waals surface area contributed by atoms with E-state index in [1.165, 1.54) is 7.11 Å². The van der Waals surface area contributed by atoms with Crippen molar-refractivity contribution in [2.24, 2.45) is 0 Å². The molecule has 1 heterocycles. The topological polar surface area (TPSA) is 71.0 Å². The molecule has 0 fully saturated rings. The monoisotopic (exact) mass is 406 g/mol. The predicted molar refractivity (Wildman–Crippen MR) is 98.1 cm³/mol. The third kappa shape index (κ3) is 3.29. The van der Waals surface area contributed by atoms with E-state index in [4.69, 9.17) is 9.47 Å². The van der Waals surface area contributed by atoms with Crippen molar-refractivity contribution in [3.8, 4) is 11.5 Å². The molecule has 1 atom stereocenters. The van der Waals surface area contributed by atoms with Gasteiger partial charge in [0.05, 0.1) is 19.3 Å². The molecule has 7 heteroatoms. The van der Waals surface area contributed by atoms with Gasteiger partial charge < -0.3 is 24.8 Å². The lowest BCUT2D eigenvalue weighted by Crippen LogP contribution is -2.44. The highest BCUT2D eigenvalue weighted by atomic mass is 79.9. The van der Waals surface area contributed by atoms with Crippen LogP contribution in [0.4, 0.5) is 5.69 Å². The number of rotatable bonds is 5. The largest absolute Gasteiger partial charge is 0.504 e. The molecule has 0 aromatic heterocycles. The van der Waals surface area contributed by atoms with Crippen molar-refractivity contribution in [1.29, 1.82) is 0 Å². The Kier molecular flexibility index (Phi) is 5.15. The number of fused-ring (bicyclic) bond motifs is 1. The highest BCUT2D eigenvalue weighted by Gasteiger charge is 2.34. The molecular weight excluding hydrogens is 388 g/mol. The highest BCUT2D eigenvalue weighted by molar-refractivity contribution is 9.10. The van der Waals surface area contributed by atoms with Gasteiger partial charge in [-0.05, 0) is 24.3 Å². The molecule has 1 amide bonds. The molecule has 6 nitrogen and oxygen atoms in total. The van der Waals surface area contributed by atoms with E-state index >= 15 is 0 Å². The van der Waals surface area contributed by atoms with Gasteiger partial charge in [0.1, 0.15) is 6.17 Å². The molecule has 0 saturated carbocycles. The fraction of sp³-hybridized carbons (Fsp3) is 0.278. The summed E-state index contributed by atoms with van der Waals surface area (Å²) in [6, 6.07) is 10.8. The lowest BCUT2D eigenvalue weighted by molar-refractivity contribution is 0.0607. The van der Waals surface area contributed by atoms with Gasteiger partial charge in [-0.15, -0.1) is 0 Å². The Morgan fingerprint density at radius 1 is 1.28 bits per heavy atom. The van der Waals surface area contributed by atoms with Crippen molar-refractivity contribution < 1.29 is 19.4 Å². The molecule has 25 heavy (non-hydrogen) atoms. The minimum Gasteiger partial charge on any atom is -0.504 e. The van der Waals surface area contributed by atoms with Crippen molar-refractivity contribution >= 4 is 27.5 Å². The van der Waals surface area contributed by atoms with E-state index in [0.29, 0.717) is 30.0 Å². The second-order valence-electron chi connectivity index (χ2n) is 5.63. The van der Waals surface area contributed by atoms with Crippen molar-refractivity contribution in [3.63, 3.8) is 0 Å². The molecule has 0 aliphatic carbocycles. The second-order valence-corrected chi connectivity index (χ2v) is 6.55. The number of nitrogens with zero attached hydrogens (tertiary/aromatic N) is 1. The molecule has 1 unspecified atom stereocenters. The molecule has 0 radical (unpaired) electrons. The lowest BCUT2D eigenvalue weighted by atomic mass is 10.0. The van der Waals surface area contributed by atoms with Crippen LogP contribution in [-0.2, 0) is 4.74 Å². The maximum absolute atomic E-state index is 13.0. The number of amides is 1. The summed E-state index contributed by atoms with van der Waals surface area (Å²) in [6.45, 7) is 0.771. The van der Waals surface area contributed by atoms with Gasteiger partial charge in [-0.1, -0.05) is 28.1 Å². The number of halogens is 1. The highest BCUT2D eigenvalue weighted by Crippen LogP contribution is 2.41. The van der Waals surface area contributed by atoms with Gasteiger partial charge in [0.15, 0.2) is 11.5 Å². The summed E-state index contributed by atoms with van der Waals surface area (Å²) in [5.74, 6) is 0.219. The lowest BCUT2D eigenvalue weighted by Gasteiger charge is -2.38. The number of carbonyl (C=O) groups is 1. The van der Waals surface area contributed by atoms with E-state index < -0.39 is 6.17 Å². The average molecular weight is 407 g/mol. The van der Waals surface area contributed by atoms with Crippen molar-refractivity contribution in [2.45, 2.75) is 6.17 Å². The van der Waals surface area contributed by atoms with Crippen LogP contribution < -0.4 is 10.1 Å². The van der Waals surface area contributed by atoms with Gasteiger partial charge in [0, 0.05) is 29.4 Å². The fourth-order valence-electron chi connectivity index (χ4n) is 2.92. The van der Waals surface area contributed by atoms with E-state index in [-0.39, 0.29) is 11.7 Å². The maximum atomic E-state index is 13.0. The smallest absolute Gasteiger partial charge is 0.257 e. The average Bonchev–Trinajstić information content (AvgIpc) is 2.62. The summed E-state index contributed by atoms with van der Waals surface area (Å²) in [5, 5.41) is 13.9. The van der Waals surface area contributed by atoms with Gasteiger partial charge in [0.2, 0.25) is 0 Å².